The summed E-state index contributed by atoms with van der Waals surface area (Å²) < 4.78 is 0. The van der Waals surface area contributed by atoms with Crippen molar-refractivity contribution >= 4 is 34.7 Å². The maximum Gasteiger partial charge on any atom is 0.0972 e. The lowest BCUT2D eigenvalue weighted by atomic mass is 10.0. The van der Waals surface area contributed by atoms with E-state index in [9.17, 15) is 0 Å². The molecule has 3 rings (SSSR count). The third-order valence-electron chi connectivity index (χ3n) is 2.98. The Labute approximate surface area is 116 Å². The molecule has 3 heteroatoms. The molecule has 0 radical (unpaired) electrons. The molecule has 0 aliphatic heterocycles. The van der Waals surface area contributed by atoms with Gasteiger partial charge in [-0.05, 0) is 16.3 Å². The van der Waals surface area contributed by atoms with Crippen molar-refractivity contribution in [3.05, 3.63) is 64.1 Å². The Balaban J connectivity index is 1.99. The Hall–Kier alpha value is -1.32. The number of thiol groups is 1. The van der Waals surface area contributed by atoms with Gasteiger partial charge < -0.3 is 0 Å². The van der Waals surface area contributed by atoms with Crippen LogP contribution < -0.4 is 0 Å². The van der Waals surface area contributed by atoms with Crippen LogP contribution in [-0.2, 0) is 12.2 Å². The van der Waals surface area contributed by atoms with Crippen LogP contribution in [0.25, 0.3) is 10.8 Å². The lowest BCUT2D eigenvalue weighted by Crippen LogP contribution is -1.88. The topological polar surface area (TPSA) is 12.9 Å². The summed E-state index contributed by atoms with van der Waals surface area (Å²) in [5, 5.41) is 3.78. The van der Waals surface area contributed by atoms with Crippen LogP contribution in [0.5, 0.6) is 0 Å². The van der Waals surface area contributed by atoms with Gasteiger partial charge in [0, 0.05) is 23.2 Å². The predicted octanol–water partition coefficient (Wildman–Crippen LogP) is 4.32. The third-order valence-corrected chi connectivity index (χ3v) is 4.53. The minimum Gasteiger partial charge on any atom is -0.249 e. The number of fused-ring (bicyclic) bond motifs is 1. The van der Waals surface area contributed by atoms with Gasteiger partial charge in [-0.1, -0.05) is 42.5 Å². The van der Waals surface area contributed by atoms with Gasteiger partial charge >= 0.3 is 0 Å². The summed E-state index contributed by atoms with van der Waals surface area (Å²) in [4.78, 5) is 5.69. The number of hydrogen-bond acceptors (Lipinski definition) is 3. The number of aromatic nitrogens is 1. The van der Waals surface area contributed by atoms with Gasteiger partial charge in [0.1, 0.15) is 0 Å². The van der Waals surface area contributed by atoms with Crippen molar-refractivity contribution in [3.63, 3.8) is 0 Å². The van der Waals surface area contributed by atoms with Crippen LogP contribution in [0.1, 0.15) is 15.4 Å². The number of benzene rings is 2. The zero-order valence-corrected chi connectivity index (χ0v) is 11.5. The molecule has 0 amide bonds. The number of nitrogens with zero attached hydrogens (tertiary/aromatic N) is 1. The summed E-state index contributed by atoms with van der Waals surface area (Å²) in [5.74, 6) is 0.771. The normalized spacial score (nSPS) is 10.9. The van der Waals surface area contributed by atoms with Crippen molar-refractivity contribution in [3.8, 4) is 0 Å². The molecule has 3 aromatic rings. The average molecular weight is 271 g/mol. The van der Waals surface area contributed by atoms with Gasteiger partial charge in [-0.15, -0.1) is 11.3 Å². The molecule has 1 heterocycles. The van der Waals surface area contributed by atoms with Gasteiger partial charge in [-0.25, -0.2) is 4.98 Å². The molecule has 0 saturated carbocycles. The first-order valence-electron chi connectivity index (χ1n) is 5.88. The highest BCUT2D eigenvalue weighted by atomic mass is 32.1. The van der Waals surface area contributed by atoms with E-state index in [4.69, 9.17) is 0 Å². The summed E-state index contributed by atoms with van der Waals surface area (Å²) in [6.45, 7) is 0. The molecule has 0 spiro atoms. The van der Waals surface area contributed by atoms with Crippen LogP contribution in [-0.4, -0.2) is 4.98 Å². The van der Waals surface area contributed by atoms with Gasteiger partial charge in [0.25, 0.3) is 0 Å². The van der Waals surface area contributed by atoms with Gasteiger partial charge in [-0.2, -0.15) is 12.6 Å². The van der Waals surface area contributed by atoms with Crippen LogP contribution in [0.2, 0.25) is 0 Å². The molecule has 0 N–H and O–H groups in total. The maximum absolute atomic E-state index is 4.46. The van der Waals surface area contributed by atoms with E-state index in [1.54, 1.807) is 11.3 Å². The van der Waals surface area contributed by atoms with E-state index in [1.807, 2.05) is 6.20 Å². The lowest BCUT2D eigenvalue weighted by molar-refractivity contribution is 1.15. The summed E-state index contributed by atoms with van der Waals surface area (Å²) >= 11 is 6.03. The fourth-order valence-electron chi connectivity index (χ4n) is 2.11. The molecule has 1 aromatic heterocycles. The molecule has 0 unspecified atom stereocenters. The minimum atomic E-state index is 0.771. The van der Waals surface area contributed by atoms with Crippen molar-refractivity contribution in [2.75, 3.05) is 0 Å². The molecule has 0 bridgehead atoms. The molecule has 0 aliphatic carbocycles. The first-order chi connectivity index (χ1) is 8.86. The molecular formula is C15H13NS2. The largest absolute Gasteiger partial charge is 0.249 e. The molecular weight excluding hydrogens is 258 g/mol. The first kappa shape index (κ1) is 11.8. The Kier molecular flexibility index (Phi) is 3.35. The quantitative estimate of drug-likeness (QED) is 0.700. The second kappa shape index (κ2) is 5.12. The molecule has 0 fully saturated rings. The van der Waals surface area contributed by atoms with E-state index in [-0.39, 0.29) is 0 Å². The van der Waals surface area contributed by atoms with E-state index in [0.717, 1.165) is 17.2 Å². The molecule has 2 aromatic carbocycles. The second-order valence-corrected chi connectivity index (χ2v) is 5.71. The molecule has 18 heavy (non-hydrogen) atoms. The Morgan fingerprint density at radius 1 is 1.06 bits per heavy atom. The molecule has 0 atom stereocenters. The van der Waals surface area contributed by atoms with E-state index in [0.29, 0.717) is 0 Å². The van der Waals surface area contributed by atoms with Crippen molar-refractivity contribution < 1.29 is 0 Å². The van der Waals surface area contributed by atoms with Crippen molar-refractivity contribution in [1.82, 2.24) is 4.98 Å². The Bertz CT molecular complexity index is 668. The summed E-state index contributed by atoms with van der Waals surface area (Å²) in [6.07, 6.45) is 2.83. The zero-order chi connectivity index (χ0) is 12.4. The number of thiazole rings is 1. The van der Waals surface area contributed by atoms with Gasteiger partial charge in [0.05, 0.1) is 5.01 Å². The first-order valence-corrected chi connectivity index (χ1v) is 7.33. The molecule has 90 valence electrons. The summed E-state index contributed by atoms with van der Waals surface area (Å²) in [6, 6.07) is 15.0. The van der Waals surface area contributed by atoms with Gasteiger partial charge in [0.15, 0.2) is 0 Å². The standard InChI is InChI=1S/C15H13NS2/c17-10-13-9-16-15(18-13)8-12-6-3-5-11-4-1-2-7-14(11)12/h1-7,9,17H,8,10H2. The predicted molar refractivity (Wildman–Crippen MR) is 81.6 cm³/mol. The van der Waals surface area contributed by atoms with E-state index >= 15 is 0 Å². The molecule has 1 nitrogen and oxygen atoms in total. The van der Waals surface area contributed by atoms with E-state index < -0.39 is 0 Å². The second-order valence-electron chi connectivity index (χ2n) is 4.19. The van der Waals surface area contributed by atoms with Crippen LogP contribution in [0.4, 0.5) is 0 Å². The SMILES string of the molecule is SCc1cnc(Cc2cccc3ccccc23)s1. The van der Waals surface area contributed by atoms with Gasteiger partial charge in [0.2, 0.25) is 0 Å². The smallest absolute Gasteiger partial charge is 0.0972 e. The van der Waals surface area contributed by atoms with Crippen molar-refractivity contribution in [1.29, 1.82) is 0 Å². The van der Waals surface area contributed by atoms with E-state index in [1.165, 1.54) is 21.2 Å². The highest BCUT2D eigenvalue weighted by Crippen LogP contribution is 2.23. The summed E-state index contributed by atoms with van der Waals surface area (Å²) in [7, 11) is 0. The van der Waals surface area contributed by atoms with Crippen molar-refractivity contribution in [2.24, 2.45) is 0 Å². The monoisotopic (exact) mass is 271 g/mol. The highest BCUT2D eigenvalue weighted by molar-refractivity contribution is 7.79. The minimum absolute atomic E-state index is 0.771. The highest BCUT2D eigenvalue weighted by Gasteiger charge is 2.05. The Morgan fingerprint density at radius 3 is 2.72 bits per heavy atom. The zero-order valence-electron chi connectivity index (χ0n) is 9.84. The molecule has 0 saturated heterocycles. The van der Waals surface area contributed by atoms with Crippen molar-refractivity contribution in [2.45, 2.75) is 12.2 Å². The fraction of sp³-hybridized carbons (Fsp3) is 0.133. The molecule has 0 aliphatic rings. The van der Waals surface area contributed by atoms with Crippen LogP contribution in [0.3, 0.4) is 0 Å². The van der Waals surface area contributed by atoms with E-state index in [2.05, 4.69) is 60.1 Å². The summed E-state index contributed by atoms with van der Waals surface area (Å²) in [5.41, 5.74) is 1.34. The van der Waals surface area contributed by atoms with Crippen LogP contribution in [0, 0.1) is 0 Å². The van der Waals surface area contributed by atoms with Crippen LogP contribution >= 0.6 is 24.0 Å². The maximum atomic E-state index is 4.46. The number of hydrogen-bond donors (Lipinski definition) is 1. The van der Waals surface area contributed by atoms with Crippen LogP contribution in [0.15, 0.2) is 48.7 Å². The third kappa shape index (κ3) is 2.28. The van der Waals surface area contributed by atoms with Gasteiger partial charge in [-0.3, -0.25) is 0 Å². The average Bonchev–Trinajstić information content (AvgIpc) is 2.87. The fourth-order valence-corrected chi connectivity index (χ4v) is 3.19. The number of rotatable bonds is 3. The lowest BCUT2D eigenvalue weighted by Gasteiger charge is -2.04. The Morgan fingerprint density at radius 2 is 1.89 bits per heavy atom.